The molecule has 0 saturated carbocycles. The van der Waals surface area contributed by atoms with E-state index in [2.05, 4.69) is 15.1 Å². The summed E-state index contributed by atoms with van der Waals surface area (Å²) < 4.78 is 18.5. The van der Waals surface area contributed by atoms with E-state index in [-0.39, 0.29) is 17.6 Å². The Morgan fingerprint density at radius 2 is 2.15 bits per heavy atom. The predicted molar refractivity (Wildman–Crippen MR) is 97.6 cm³/mol. The van der Waals surface area contributed by atoms with Gasteiger partial charge in [-0.1, -0.05) is 5.16 Å². The number of carbonyl (C=O) groups excluding carboxylic acids is 1. The Kier molecular flexibility index (Phi) is 4.95. The van der Waals surface area contributed by atoms with E-state index in [4.69, 9.17) is 10.3 Å². The number of halogens is 1. The number of carbonyl (C=O) groups is 1. The summed E-state index contributed by atoms with van der Waals surface area (Å²) in [7, 11) is 0. The van der Waals surface area contributed by atoms with Gasteiger partial charge in [-0.15, -0.1) is 11.3 Å². The number of hydrogen-bond donors (Lipinski definition) is 1. The number of likely N-dealkylation sites (tertiary alicyclic amines) is 1. The van der Waals surface area contributed by atoms with E-state index < -0.39 is 0 Å². The summed E-state index contributed by atoms with van der Waals surface area (Å²) in [5.74, 6) is 0.461. The van der Waals surface area contributed by atoms with Gasteiger partial charge in [-0.25, -0.2) is 9.37 Å². The molecule has 7 nitrogen and oxygen atoms in total. The molecule has 9 heteroatoms. The van der Waals surface area contributed by atoms with E-state index in [1.54, 1.807) is 22.4 Å². The van der Waals surface area contributed by atoms with Gasteiger partial charge in [-0.2, -0.15) is 4.98 Å². The maximum absolute atomic E-state index is 13.1. The van der Waals surface area contributed by atoms with Crippen LogP contribution in [-0.2, 0) is 6.54 Å². The molecule has 2 N–H and O–H groups in total. The van der Waals surface area contributed by atoms with Crippen LogP contribution in [0.15, 0.2) is 34.2 Å². The van der Waals surface area contributed by atoms with Crippen LogP contribution >= 0.6 is 11.3 Å². The van der Waals surface area contributed by atoms with Gasteiger partial charge < -0.3 is 15.2 Å². The van der Waals surface area contributed by atoms with Crippen LogP contribution in [0.3, 0.4) is 0 Å². The van der Waals surface area contributed by atoms with Crippen molar-refractivity contribution in [3.8, 4) is 11.4 Å². The van der Waals surface area contributed by atoms with Gasteiger partial charge in [-0.3, -0.25) is 4.79 Å². The smallest absolute Gasteiger partial charge is 0.273 e. The number of benzene rings is 1. The lowest BCUT2D eigenvalue weighted by Crippen LogP contribution is -2.39. The van der Waals surface area contributed by atoms with Crippen molar-refractivity contribution in [3.05, 3.63) is 52.1 Å². The Bertz CT molecular complexity index is 939. The molecule has 140 valence electrons. The molecule has 1 aromatic carbocycles. The van der Waals surface area contributed by atoms with E-state index in [0.29, 0.717) is 42.6 Å². The number of amides is 1. The van der Waals surface area contributed by atoms with Crippen molar-refractivity contribution in [1.29, 1.82) is 0 Å². The Balaban J connectivity index is 1.48. The maximum Gasteiger partial charge on any atom is 0.273 e. The van der Waals surface area contributed by atoms with Gasteiger partial charge in [0.05, 0.1) is 5.92 Å². The average Bonchev–Trinajstić information content (AvgIpc) is 3.38. The highest BCUT2D eigenvalue weighted by Gasteiger charge is 2.30. The quantitative estimate of drug-likeness (QED) is 0.739. The second kappa shape index (κ2) is 7.53. The molecule has 1 fully saturated rings. The van der Waals surface area contributed by atoms with Crippen LogP contribution in [0.1, 0.15) is 40.1 Å². The van der Waals surface area contributed by atoms with E-state index in [1.165, 1.54) is 23.5 Å². The SMILES string of the molecule is NCc1nc(C(=O)N2CCCC(c3nc(-c4ccc(F)cc4)no3)C2)cs1. The summed E-state index contributed by atoms with van der Waals surface area (Å²) >= 11 is 1.39. The molecule has 1 aliphatic heterocycles. The largest absolute Gasteiger partial charge is 0.339 e. The zero-order valence-corrected chi connectivity index (χ0v) is 15.3. The number of rotatable bonds is 4. The zero-order valence-electron chi connectivity index (χ0n) is 14.5. The second-order valence-corrected chi connectivity index (χ2v) is 7.33. The number of piperidine rings is 1. The predicted octanol–water partition coefficient (Wildman–Crippen LogP) is 2.81. The van der Waals surface area contributed by atoms with Crippen LogP contribution in [0.2, 0.25) is 0 Å². The third kappa shape index (κ3) is 3.74. The maximum atomic E-state index is 13.1. The van der Waals surface area contributed by atoms with Crippen molar-refractivity contribution in [3.63, 3.8) is 0 Å². The average molecular weight is 387 g/mol. The van der Waals surface area contributed by atoms with Crippen LogP contribution in [-0.4, -0.2) is 39.0 Å². The summed E-state index contributed by atoms with van der Waals surface area (Å²) in [6.07, 6.45) is 1.71. The molecule has 4 rings (SSSR count). The van der Waals surface area contributed by atoms with Crippen molar-refractivity contribution in [2.45, 2.75) is 25.3 Å². The van der Waals surface area contributed by atoms with Crippen molar-refractivity contribution in [2.75, 3.05) is 13.1 Å². The molecule has 3 heterocycles. The monoisotopic (exact) mass is 387 g/mol. The molecule has 1 unspecified atom stereocenters. The third-order valence-corrected chi connectivity index (χ3v) is 5.42. The highest BCUT2D eigenvalue weighted by molar-refractivity contribution is 7.09. The highest BCUT2D eigenvalue weighted by Crippen LogP contribution is 2.28. The molecule has 0 spiro atoms. The first-order chi connectivity index (χ1) is 13.1. The van der Waals surface area contributed by atoms with Crippen LogP contribution in [0.25, 0.3) is 11.4 Å². The van der Waals surface area contributed by atoms with Crippen molar-refractivity contribution < 1.29 is 13.7 Å². The number of hydrogen-bond acceptors (Lipinski definition) is 7. The first-order valence-corrected chi connectivity index (χ1v) is 9.55. The van der Waals surface area contributed by atoms with Crippen LogP contribution in [0, 0.1) is 5.82 Å². The van der Waals surface area contributed by atoms with Gasteiger partial charge >= 0.3 is 0 Å². The van der Waals surface area contributed by atoms with Crippen LogP contribution in [0.5, 0.6) is 0 Å². The van der Waals surface area contributed by atoms with E-state index >= 15 is 0 Å². The normalized spacial score (nSPS) is 17.3. The first-order valence-electron chi connectivity index (χ1n) is 8.67. The molecule has 1 atom stereocenters. The van der Waals surface area contributed by atoms with Gasteiger partial charge in [0.15, 0.2) is 0 Å². The lowest BCUT2D eigenvalue weighted by atomic mass is 9.97. The van der Waals surface area contributed by atoms with Crippen molar-refractivity contribution in [1.82, 2.24) is 20.0 Å². The number of aromatic nitrogens is 3. The number of nitrogens with two attached hydrogens (primary N) is 1. The Labute approximate surface area is 159 Å². The first kappa shape index (κ1) is 17.7. The summed E-state index contributed by atoms with van der Waals surface area (Å²) in [5, 5.41) is 6.48. The van der Waals surface area contributed by atoms with E-state index in [1.807, 2.05) is 0 Å². The lowest BCUT2D eigenvalue weighted by Gasteiger charge is -2.30. The standard InChI is InChI=1S/C18H18FN5O2S/c19-13-5-3-11(4-6-13)16-22-17(26-23-16)12-2-1-7-24(9-12)18(25)14-10-27-15(8-20)21-14/h3-6,10,12H,1-2,7-9,20H2. The minimum Gasteiger partial charge on any atom is -0.339 e. The minimum absolute atomic E-state index is 0.0305. The van der Waals surface area contributed by atoms with Crippen molar-refractivity contribution >= 4 is 17.2 Å². The second-order valence-electron chi connectivity index (χ2n) is 6.38. The van der Waals surface area contributed by atoms with Gasteiger partial charge in [0.25, 0.3) is 5.91 Å². The van der Waals surface area contributed by atoms with E-state index in [9.17, 15) is 9.18 Å². The molecule has 1 aliphatic rings. The molecular formula is C18H18FN5O2S. The summed E-state index contributed by atoms with van der Waals surface area (Å²) in [6.45, 7) is 1.50. The molecule has 1 amide bonds. The fourth-order valence-electron chi connectivity index (χ4n) is 3.15. The highest BCUT2D eigenvalue weighted by atomic mass is 32.1. The Morgan fingerprint density at radius 3 is 2.89 bits per heavy atom. The van der Waals surface area contributed by atoms with Gasteiger partial charge in [-0.05, 0) is 37.1 Å². The van der Waals surface area contributed by atoms with Gasteiger partial charge in [0.2, 0.25) is 11.7 Å². The Hall–Kier alpha value is -2.65. The summed E-state index contributed by atoms with van der Waals surface area (Å²) in [4.78, 5) is 23.2. The third-order valence-electron chi connectivity index (χ3n) is 4.55. The molecule has 3 aromatic rings. The molecular weight excluding hydrogens is 369 g/mol. The topological polar surface area (TPSA) is 98.1 Å². The molecule has 0 bridgehead atoms. The summed E-state index contributed by atoms with van der Waals surface area (Å²) in [6, 6.07) is 5.93. The molecule has 2 aromatic heterocycles. The number of nitrogens with zero attached hydrogens (tertiary/aromatic N) is 4. The van der Waals surface area contributed by atoms with Crippen LogP contribution < -0.4 is 5.73 Å². The molecule has 0 radical (unpaired) electrons. The van der Waals surface area contributed by atoms with Crippen LogP contribution in [0.4, 0.5) is 4.39 Å². The summed E-state index contributed by atoms with van der Waals surface area (Å²) in [5.41, 5.74) is 6.69. The van der Waals surface area contributed by atoms with E-state index in [0.717, 1.165) is 17.8 Å². The zero-order chi connectivity index (χ0) is 18.8. The lowest BCUT2D eigenvalue weighted by molar-refractivity contribution is 0.0690. The van der Waals surface area contributed by atoms with Crippen molar-refractivity contribution in [2.24, 2.45) is 5.73 Å². The fourth-order valence-corrected chi connectivity index (χ4v) is 3.79. The molecule has 27 heavy (non-hydrogen) atoms. The fraction of sp³-hybridized carbons (Fsp3) is 0.333. The van der Waals surface area contributed by atoms with Gasteiger partial charge in [0, 0.05) is 30.6 Å². The minimum atomic E-state index is -0.316. The van der Waals surface area contributed by atoms with Gasteiger partial charge in [0.1, 0.15) is 16.5 Å². The number of thiazole rings is 1. The Morgan fingerprint density at radius 1 is 1.33 bits per heavy atom. The molecule has 0 aliphatic carbocycles. The molecule has 1 saturated heterocycles.